The Kier molecular flexibility index (Phi) is 4.60. The lowest BCUT2D eigenvalue weighted by molar-refractivity contribution is -0.137. The van der Waals surface area contributed by atoms with Crippen molar-refractivity contribution in [1.82, 2.24) is 9.38 Å². The lowest BCUT2D eigenvalue weighted by Gasteiger charge is -2.11. The van der Waals surface area contributed by atoms with Gasteiger partial charge in [0.05, 0.1) is 22.0 Å². The van der Waals surface area contributed by atoms with Crippen molar-refractivity contribution < 1.29 is 18.0 Å². The number of fused-ring (bicyclic) bond motifs is 1. The van der Waals surface area contributed by atoms with Crippen LogP contribution in [-0.4, -0.2) is 15.3 Å². The molecule has 4 nitrogen and oxygen atoms in total. The number of aromatic nitrogens is 2. The number of carbonyl (C=O) groups is 1. The highest BCUT2D eigenvalue weighted by Gasteiger charge is 2.31. The van der Waals surface area contributed by atoms with E-state index in [1.54, 1.807) is 16.0 Å². The van der Waals surface area contributed by atoms with E-state index in [2.05, 4.69) is 10.3 Å². The number of benzene rings is 2. The molecule has 2 heterocycles. The summed E-state index contributed by atoms with van der Waals surface area (Å²) in [5, 5.41) is 4.06. The third-order valence-electron chi connectivity index (χ3n) is 4.05. The van der Waals surface area contributed by atoms with Gasteiger partial charge in [0.2, 0.25) is 0 Å². The van der Waals surface area contributed by atoms with E-state index in [0.717, 1.165) is 23.8 Å². The maximum absolute atomic E-state index is 12.9. The van der Waals surface area contributed by atoms with Gasteiger partial charge in [-0.25, -0.2) is 4.98 Å². The van der Waals surface area contributed by atoms with Gasteiger partial charge >= 0.3 is 6.18 Å². The lowest BCUT2D eigenvalue weighted by atomic mass is 10.2. The molecule has 1 N–H and O–H groups in total. The van der Waals surface area contributed by atoms with Crippen LogP contribution >= 0.6 is 22.9 Å². The molecule has 4 aromatic rings. The summed E-state index contributed by atoms with van der Waals surface area (Å²) in [6, 6.07) is 12.2. The maximum Gasteiger partial charge on any atom is 0.416 e. The second-order valence-corrected chi connectivity index (χ2v) is 7.16. The molecule has 4 rings (SSSR count). The Morgan fingerprint density at radius 2 is 1.89 bits per heavy atom. The van der Waals surface area contributed by atoms with Crippen LogP contribution < -0.4 is 5.32 Å². The first-order valence-electron chi connectivity index (χ1n) is 8.03. The number of nitrogens with one attached hydrogen (secondary N) is 1. The van der Waals surface area contributed by atoms with Crippen molar-refractivity contribution in [3.8, 4) is 11.3 Å². The van der Waals surface area contributed by atoms with E-state index in [4.69, 9.17) is 11.6 Å². The number of halogens is 4. The SMILES string of the molecule is O=C(Nc1cc(C(F)(F)F)ccc1Cl)c1csc2nc(-c3ccccc3)cn12. The van der Waals surface area contributed by atoms with E-state index in [9.17, 15) is 18.0 Å². The Balaban J connectivity index is 1.66. The number of thiazole rings is 1. The van der Waals surface area contributed by atoms with Gasteiger partial charge in [-0.2, -0.15) is 13.2 Å². The highest BCUT2D eigenvalue weighted by atomic mass is 35.5. The van der Waals surface area contributed by atoms with Crippen LogP contribution in [0.25, 0.3) is 16.2 Å². The van der Waals surface area contributed by atoms with E-state index in [-0.39, 0.29) is 16.4 Å². The zero-order chi connectivity index (χ0) is 19.9. The molecule has 0 aliphatic heterocycles. The van der Waals surface area contributed by atoms with Crippen molar-refractivity contribution in [2.24, 2.45) is 0 Å². The van der Waals surface area contributed by atoms with E-state index in [0.29, 0.717) is 10.7 Å². The number of imidazole rings is 1. The Morgan fingerprint density at radius 1 is 1.14 bits per heavy atom. The molecule has 0 bridgehead atoms. The van der Waals surface area contributed by atoms with Crippen molar-refractivity contribution >= 4 is 39.5 Å². The number of carbonyl (C=O) groups excluding carboxylic acids is 1. The number of amides is 1. The van der Waals surface area contributed by atoms with Gasteiger partial charge in [0.1, 0.15) is 5.69 Å². The molecular weight excluding hydrogens is 411 g/mol. The second kappa shape index (κ2) is 6.96. The van der Waals surface area contributed by atoms with Gasteiger partial charge in [-0.05, 0) is 18.2 Å². The summed E-state index contributed by atoms with van der Waals surface area (Å²) in [6.45, 7) is 0. The minimum absolute atomic E-state index is 0.0171. The molecule has 0 saturated carbocycles. The molecule has 0 unspecified atom stereocenters. The third kappa shape index (κ3) is 3.48. The molecule has 0 aliphatic carbocycles. The first-order valence-corrected chi connectivity index (χ1v) is 9.29. The summed E-state index contributed by atoms with van der Waals surface area (Å²) in [4.78, 5) is 17.7. The van der Waals surface area contributed by atoms with E-state index in [1.165, 1.54) is 11.3 Å². The molecular formula is C19H11ClF3N3OS. The van der Waals surface area contributed by atoms with Crippen LogP contribution in [0.5, 0.6) is 0 Å². The molecule has 2 aromatic carbocycles. The largest absolute Gasteiger partial charge is 0.416 e. The number of nitrogens with zero attached hydrogens (tertiary/aromatic N) is 2. The highest BCUT2D eigenvalue weighted by Crippen LogP contribution is 2.34. The standard InChI is InChI=1S/C19H11ClF3N3OS/c20-13-7-6-12(19(21,22)23)8-14(13)24-17(27)16-10-28-18-25-15(9-26(16)18)11-4-2-1-3-5-11/h1-10H,(H,24,27). The van der Waals surface area contributed by atoms with Crippen LogP contribution in [0.3, 0.4) is 0 Å². The molecule has 142 valence electrons. The first kappa shape index (κ1) is 18.5. The first-order chi connectivity index (χ1) is 13.3. The summed E-state index contributed by atoms with van der Waals surface area (Å²) in [6.07, 6.45) is -2.82. The van der Waals surface area contributed by atoms with Crippen LogP contribution in [-0.2, 0) is 6.18 Å². The van der Waals surface area contributed by atoms with Gasteiger partial charge in [-0.15, -0.1) is 11.3 Å². The number of alkyl halides is 3. The molecule has 0 atom stereocenters. The zero-order valence-corrected chi connectivity index (χ0v) is 15.6. The molecule has 0 saturated heterocycles. The Morgan fingerprint density at radius 3 is 2.61 bits per heavy atom. The normalized spacial score (nSPS) is 11.7. The summed E-state index contributed by atoms with van der Waals surface area (Å²) in [7, 11) is 0. The van der Waals surface area contributed by atoms with Gasteiger partial charge in [0.15, 0.2) is 4.96 Å². The van der Waals surface area contributed by atoms with Crippen LogP contribution in [0.2, 0.25) is 5.02 Å². The van der Waals surface area contributed by atoms with E-state index < -0.39 is 17.6 Å². The van der Waals surface area contributed by atoms with Crippen LogP contribution in [0.4, 0.5) is 18.9 Å². The summed E-state index contributed by atoms with van der Waals surface area (Å²) < 4.78 is 40.3. The topological polar surface area (TPSA) is 46.4 Å². The Hall–Kier alpha value is -2.84. The van der Waals surface area contributed by atoms with E-state index in [1.807, 2.05) is 30.3 Å². The lowest BCUT2D eigenvalue weighted by Crippen LogP contribution is -2.15. The van der Waals surface area contributed by atoms with Gasteiger partial charge in [0.25, 0.3) is 5.91 Å². The molecule has 2 aromatic heterocycles. The Labute approximate surface area is 166 Å². The maximum atomic E-state index is 12.9. The molecule has 0 fully saturated rings. The average molecular weight is 422 g/mol. The minimum atomic E-state index is -4.53. The predicted molar refractivity (Wildman–Crippen MR) is 103 cm³/mol. The molecule has 0 spiro atoms. The molecule has 1 amide bonds. The summed E-state index contributed by atoms with van der Waals surface area (Å²) in [5.74, 6) is -0.579. The highest BCUT2D eigenvalue weighted by molar-refractivity contribution is 7.15. The van der Waals surface area contributed by atoms with Gasteiger partial charge in [-0.3, -0.25) is 9.20 Å². The quantitative estimate of drug-likeness (QED) is 0.442. The van der Waals surface area contributed by atoms with Crippen molar-refractivity contribution in [3.63, 3.8) is 0 Å². The van der Waals surface area contributed by atoms with Crippen molar-refractivity contribution in [2.45, 2.75) is 6.18 Å². The fourth-order valence-corrected chi connectivity index (χ4v) is 3.70. The van der Waals surface area contributed by atoms with Gasteiger partial charge in [0, 0.05) is 17.1 Å². The zero-order valence-electron chi connectivity index (χ0n) is 14.0. The van der Waals surface area contributed by atoms with Gasteiger partial charge in [-0.1, -0.05) is 41.9 Å². The average Bonchev–Trinajstić information content (AvgIpc) is 3.24. The summed E-state index contributed by atoms with van der Waals surface area (Å²) >= 11 is 7.21. The van der Waals surface area contributed by atoms with Crippen LogP contribution in [0, 0.1) is 0 Å². The Bertz CT molecular complexity index is 1170. The van der Waals surface area contributed by atoms with Crippen molar-refractivity contribution in [3.05, 3.63) is 76.4 Å². The smallest absolute Gasteiger partial charge is 0.319 e. The van der Waals surface area contributed by atoms with Crippen LogP contribution in [0.15, 0.2) is 60.1 Å². The van der Waals surface area contributed by atoms with Crippen LogP contribution in [0.1, 0.15) is 16.1 Å². The fourth-order valence-electron chi connectivity index (χ4n) is 2.68. The van der Waals surface area contributed by atoms with E-state index >= 15 is 0 Å². The fraction of sp³-hybridized carbons (Fsp3) is 0.0526. The molecule has 9 heteroatoms. The number of anilines is 1. The third-order valence-corrected chi connectivity index (χ3v) is 5.22. The van der Waals surface area contributed by atoms with Crippen molar-refractivity contribution in [1.29, 1.82) is 0 Å². The predicted octanol–water partition coefficient (Wildman–Crippen LogP) is 5.99. The minimum Gasteiger partial charge on any atom is -0.319 e. The second-order valence-electron chi connectivity index (χ2n) is 5.91. The molecule has 28 heavy (non-hydrogen) atoms. The monoisotopic (exact) mass is 421 g/mol. The number of hydrogen-bond acceptors (Lipinski definition) is 3. The van der Waals surface area contributed by atoms with Crippen molar-refractivity contribution in [2.75, 3.05) is 5.32 Å². The van der Waals surface area contributed by atoms with Gasteiger partial charge < -0.3 is 5.32 Å². The number of hydrogen-bond donors (Lipinski definition) is 1. The summed E-state index contributed by atoms with van der Waals surface area (Å²) in [5.41, 5.74) is 0.841. The molecule has 0 aliphatic rings. The number of rotatable bonds is 3. The molecule has 0 radical (unpaired) electrons.